The second kappa shape index (κ2) is 4.69. The van der Waals surface area contributed by atoms with E-state index >= 15 is 0 Å². The molecular formula is C16H8ClNO2S. The van der Waals surface area contributed by atoms with Crippen LogP contribution in [0.15, 0.2) is 57.7 Å². The summed E-state index contributed by atoms with van der Waals surface area (Å²) in [5.74, 6) is 0.268. The summed E-state index contributed by atoms with van der Waals surface area (Å²) in [6.07, 6.45) is 0. The summed E-state index contributed by atoms with van der Waals surface area (Å²) in [6.45, 7) is 0. The molecule has 102 valence electrons. The second-order valence-electron chi connectivity index (χ2n) is 4.56. The normalized spacial score (nSPS) is 11.3. The van der Waals surface area contributed by atoms with Gasteiger partial charge in [0, 0.05) is 10.1 Å². The molecule has 0 saturated carbocycles. The molecule has 0 N–H and O–H groups in total. The Hall–Kier alpha value is -2.17. The van der Waals surface area contributed by atoms with Crippen molar-refractivity contribution in [3.63, 3.8) is 0 Å². The molecule has 0 saturated heterocycles. The van der Waals surface area contributed by atoms with Gasteiger partial charge in [0.2, 0.25) is 5.89 Å². The first-order valence-electron chi connectivity index (χ1n) is 6.31. The van der Waals surface area contributed by atoms with E-state index in [2.05, 4.69) is 4.98 Å². The highest BCUT2D eigenvalue weighted by Gasteiger charge is 2.16. The Morgan fingerprint density at radius 2 is 1.71 bits per heavy atom. The average Bonchev–Trinajstić information content (AvgIpc) is 2.85. The van der Waals surface area contributed by atoms with Gasteiger partial charge in [-0.3, -0.25) is 4.79 Å². The molecule has 4 aromatic rings. The van der Waals surface area contributed by atoms with Gasteiger partial charge in [-0.25, -0.2) is 0 Å². The Kier molecular flexibility index (Phi) is 2.80. The van der Waals surface area contributed by atoms with Gasteiger partial charge in [0.25, 0.3) is 5.56 Å². The molecule has 0 fully saturated rings. The van der Waals surface area contributed by atoms with E-state index in [0.29, 0.717) is 20.9 Å². The van der Waals surface area contributed by atoms with E-state index in [-0.39, 0.29) is 11.4 Å². The third-order valence-corrected chi connectivity index (χ3v) is 4.92. The van der Waals surface area contributed by atoms with E-state index in [0.717, 1.165) is 10.1 Å². The van der Waals surface area contributed by atoms with Gasteiger partial charge >= 0.3 is 0 Å². The summed E-state index contributed by atoms with van der Waals surface area (Å²) in [6, 6.07) is 14.9. The fourth-order valence-electron chi connectivity index (χ4n) is 2.26. The van der Waals surface area contributed by atoms with E-state index < -0.39 is 0 Å². The van der Waals surface area contributed by atoms with Crippen molar-refractivity contribution in [2.45, 2.75) is 0 Å². The summed E-state index contributed by atoms with van der Waals surface area (Å²) in [7, 11) is 0. The van der Waals surface area contributed by atoms with E-state index in [1.807, 2.05) is 30.3 Å². The van der Waals surface area contributed by atoms with E-state index in [4.69, 9.17) is 16.0 Å². The molecule has 0 aliphatic rings. The van der Waals surface area contributed by atoms with Crippen LogP contribution in [0.4, 0.5) is 0 Å². The number of hydrogen-bond donors (Lipinski definition) is 0. The van der Waals surface area contributed by atoms with Crippen molar-refractivity contribution in [2.24, 2.45) is 0 Å². The minimum atomic E-state index is -0.305. The van der Waals surface area contributed by atoms with Gasteiger partial charge in [0.15, 0.2) is 0 Å². The number of nitrogens with zero attached hydrogens (tertiary/aromatic N) is 1. The number of benzene rings is 2. The highest BCUT2D eigenvalue weighted by molar-refractivity contribution is 7.23. The third-order valence-electron chi connectivity index (χ3n) is 3.26. The smallest absolute Gasteiger partial charge is 0.284 e. The quantitative estimate of drug-likeness (QED) is 0.510. The number of hydrogen-bond acceptors (Lipinski definition) is 4. The third kappa shape index (κ3) is 1.95. The molecule has 0 bridgehead atoms. The average molecular weight is 314 g/mol. The van der Waals surface area contributed by atoms with Crippen LogP contribution < -0.4 is 5.56 Å². The van der Waals surface area contributed by atoms with Crippen LogP contribution in [0, 0.1) is 0 Å². The van der Waals surface area contributed by atoms with Crippen LogP contribution in [0.5, 0.6) is 0 Å². The standard InChI is InChI=1S/C16H8ClNO2S/c17-13-10-6-2-4-8-12(10)21-14(13)16-18-15(19)9-5-1-3-7-11(9)20-16/h1-8H. The van der Waals surface area contributed by atoms with Gasteiger partial charge < -0.3 is 4.42 Å². The summed E-state index contributed by atoms with van der Waals surface area (Å²) >= 11 is 7.87. The van der Waals surface area contributed by atoms with Crippen molar-refractivity contribution in [1.82, 2.24) is 4.98 Å². The van der Waals surface area contributed by atoms with Crippen molar-refractivity contribution in [3.05, 3.63) is 63.9 Å². The maximum absolute atomic E-state index is 12.1. The van der Waals surface area contributed by atoms with Gasteiger partial charge in [-0.15, -0.1) is 11.3 Å². The predicted octanol–water partition coefficient (Wildman–Crippen LogP) is 4.72. The first kappa shape index (κ1) is 12.6. The number of thiophene rings is 1. The highest BCUT2D eigenvalue weighted by Crippen LogP contribution is 2.41. The van der Waals surface area contributed by atoms with Crippen LogP contribution in [0.25, 0.3) is 31.8 Å². The van der Waals surface area contributed by atoms with Crippen LogP contribution in [0.1, 0.15) is 0 Å². The molecule has 2 aromatic heterocycles. The number of rotatable bonds is 1. The molecule has 0 atom stereocenters. The second-order valence-corrected chi connectivity index (χ2v) is 5.99. The highest BCUT2D eigenvalue weighted by atomic mass is 35.5. The zero-order valence-electron chi connectivity index (χ0n) is 10.7. The topological polar surface area (TPSA) is 43.1 Å². The molecule has 5 heteroatoms. The summed E-state index contributed by atoms with van der Waals surface area (Å²) in [5, 5.41) is 1.98. The molecule has 0 aliphatic carbocycles. The molecule has 3 nitrogen and oxygen atoms in total. The van der Waals surface area contributed by atoms with Crippen molar-refractivity contribution in [1.29, 1.82) is 0 Å². The van der Waals surface area contributed by atoms with Crippen LogP contribution in [-0.4, -0.2) is 4.98 Å². The Morgan fingerprint density at radius 1 is 1.00 bits per heavy atom. The fraction of sp³-hybridized carbons (Fsp3) is 0. The molecule has 0 amide bonds. The molecule has 2 aromatic carbocycles. The summed E-state index contributed by atoms with van der Waals surface area (Å²) < 4.78 is 6.79. The zero-order chi connectivity index (χ0) is 14.4. The minimum absolute atomic E-state index is 0.268. The summed E-state index contributed by atoms with van der Waals surface area (Å²) in [5.41, 5.74) is 0.210. The van der Waals surface area contributed by atoms with Crippen molar-refractivity contribution in [2.75, 3.05) is 0 Å². The molecule has 0 spiro atoms. The van der Waals surface area contributed by atoms with E-state index in [1.165, 1.54) is 11.3 Å². The monoisotopic (exact) mass is 313 g/mol. The van der Waals surface area contributed by atoms with Crippen LogP contribution in [0.3, 0.4) is 0 Å². The number of para-hydroxylation sites is 1. The van der Waals surface area contributed by atoms with Gasteiger partial charge in [-0.2, -0.15) is 4.98 Å². The van der Waals surface area contributed by atoms with Gasteiger partial charge in [0.1, 0.15) is 10.5 Å². The molecule has 21 heavy (non-hydrogen) atoms. The van der Waals surface area contributed by atoms with E-state index in [9.17, 15) is 4.79 Å². The van der Waals surface area contributed by atoms with Gasteiger partial charge in [-0.1, -0.05) is 41.9 Å². The number of fused-ring (bicyclic) bond motifs is 2. The maximum atomic E-state index is 12.1. The fourth-order valence-corrected chi connectivity index (χ4v) is 3.70. The van der Waals surface area contributed by atoms with Crippen molar-refractivity contribution < 1.29 is 4.42 Å². The Bertz CT molecular complexity index is 1040. The SMILES string of the molecule is O=c1nc(-c2sc3ccccc3c2Cl)oc2ccccc12. The number of halogens is 1. The van der Waals surface area contributed by atoms with Gasteiger partial charge in [0.05, 0.1) is 10.4 Å². The maximum Gasteiger partial charge on any atom is 0.284 e. The largest absolute Gasteiger partial charge is 0.437 e. The van der Waals surface area contributed by atoms with Crippen LogP contribution in [0.2, 0.25) is 5.02 Å². The molecule has 0 radical (unpaired) electrons. The Balaban J connectivity index is 2.04. The Labute approximate surface area is 128 Å². The predicted molar refractivity (Wildman–Crippen MR) is 86.1 cm³/mol. The lowest BCUT2D eigenvalue weighted by Crippen LogP contribution is -2.06. The van der Waals surface area contributed by atoms with Gasteiger partial charge in [-0.05, 0) is 18.2 Å². The zero-order valence-corrected chi connectivity index (χ0v) is 12.2. The lowest BCUT2D eigenvalue weighted by atomic mass is 10.2. The van der Waals surface area contributed by atoms with Crippen LogP contribution in [-0.2, 0) is 0 Å². The molecule has 0 unspecified atom stereocenters. The van der Waals surface area contributed by atoms with E-state index in [1.54, 1.807) is 18.2 Å². The lowest BCUT2D eigenvalue weighted by molar-refractivity contribution is 0.597. The molecular weight excluding hydrogens is 306 g/mol. The summed E-state index contributed by atoms with van der Waals surface area (Å²) in [4.78, 5) is 16.8. The Morgan fingerprint density at radius 3 is 2.52 bits per heavy atom. The first-order chi connectivity index (χ1) is 10.2. The molecule has 4 rings (SSSR count). The minimum Gasteiger partial charge on any atom is -0.437 e. The van der Waals surface area contributed by atoms with Crippen LogP contribution >= 0.6 is 22.9 Å². The lowest BCUT2D eigenvalue weighted by Gasteiger charge is -1.99. The van der Waals surface area contributed by atoms with Crippen molar-refractivity contribution in [3.8, 4) is 10.8 Å². The van der Waals surface area contributed by atoms with Crippen molar-refractivity contribution >= 4 is 44.0 Å². The number of aromatic nitrogens is 1. The molecule has 0 aliphatic heterocycles. The molecule has 2 heterocycles. The first-order valence-corrected chi connectivity index (χ1v) is 7.51.